The number of esters is 3. The standard InChI is InChI=1S/C37H60O7.6CH4.3HI.V/c1-10-33(5,30(40)42-15-14-38)22-34(6,31(41)44-36(8)19-24-16-23(2)27(36)17-24)21-32(3,4)29(39)43-37(9)20-25-18-28(37)35(7)13-11-12-26(25)35;;;;;;;;;;/h23-28,38H,10-22H2,1-9H3;6*1H4;3*1H;/q;;;;;;;;;;+3/p-3. The molecule has 5 rings (SSSR count). The van der Waals surface area contributed by atoms with E-state index >= 15 is 0 Å². The molecule has 0 aromatic carbocycles. The van der Waals surface area contributed by atoms with Crippen molar-refractivity contribution in [3.63, 3.8) is 0 Å². The van der Waals surface area contributed by atoms with Crippen molar-refractivity contribution in [2.75, 3.05) is 13.2 Å². The molecular formula is C43H84I3O7V. The molecule has 5 aliphatic rings. The number of rotatable bonds is 12. The number of carbonyl (C=O) groups is 3. The van der Waals surface area contributed by atoms with Crippen LogP contribution in [-0.2, 0) is 33.5 Å². The predicted octanol–water partition coefficient (Wildman–Crippen LogP) is 13.7. The van der Waals surface area contributed by atoms with Crippen molar-refractivity contribution in [1.29, 1.82) is 0 Å². The summed E-state index contributed by atoms with van der Waals surface area (Å²) in [4.78, 5) is 41.6. The maximum absolute atomic E-state index is 14.5. The van der Waals surface area contributed by atoms with Crippen LogP contribution in [0, 0.1) is 57.2 Å². The molecule has 0 spiro atoms. The first kappa shape index (κ1) is 59.5. The molecule has 0 radical (unpaired) electrons. The van der Waals surface area contributed by atoms with E-state index in [4.69, 9.17) is 14.2 Å². The Morgan fingerprint density at radius 3 is 1.83 bits per heavy atom. The van der Waals surface area contributed by atoms with Crippen LogP contribution in [-0.4, -0.2) is 47.4 Å². The Bertz CT molecular complexity index is 1220. The average Bonchev–Trinajstić information content (AvgIpc) is 3.75. The topological polar surface area (TPSA) is 99.1 Å². The summed E-state index contributed by atoms with van der Waals surface area (Å²) in [5, 5.41) is 9.29. The van der Waals surface area contributed by atoms with E-state index in [2.05, 4.69) is 87.6 Å². The van der Waals surface area contributed by atoms with Gasteiger partial charge in [-0.1, -0.05) is 71.8 Å². The Kier molecular flexibility index (Phi) is 24.4. The van der Waals surface area contributed by atoms with Gasteiger partial charge in [-0.2, -0.15) is 0 Å². The third-order valence-electron chi connectivity index (χ3n) is 13.8. The van der Waals surface area contributed by atoms with Crippen molar-refractivity contribution >= 4 is 77.8 Å². The molecule has 324 valence electrons. The molecule has 0 saturated heterocycles. The first-order valence-electron chi connectivity index (χ1n) is 18.1. The first-order valence-corrected chi connectivity index (χ1v) is 31.6. The minimum absolute atomic E-state index is 0. The van der Waals surface area contributed by atoms with Crippen LogP contribution in [0.5, 0.6) is 0 Å². The minimum atomic E-state index is -1.14. The van der Waals surface area contributed by atoms with Gasteiger partial charge in [0.15, 0.2) is 0 Å². The van der Waals surface area contributed by atoms with Gasteiger partial charge in [-0.25, -0.2) is 0 Å². The fraction of sp³-hybridized carbons (Fsp3) is 0.930. The van der Waals surface area contributed by atoms with Crippen LogP contribution in [0.15, 0.2) is 0 Å². The van der Waals surface area contributed by atoms with Gasteiger partial charge in [0.1, 0.15) is 17.8 Å². The van der Waals surface area contributed by atoms with Crippen LogP contribution in [0.2, 0.25) is 0 Å². The molecule has 11 unspecified atom stereocenters. The number of fused-ring (bicyclic) bond motifs is 7. The monoisotopic (exact) mass is 1140 g/mol. The summed E-state index contributed by atoms with van der Waals surface area (Å²) in [6.45, 7) is 17.9. The number of hydrogen-bond acceptors (Lipinski definition) is 7. The zero-order valence-electron chi connectivity index (χ0n) is 30.6. The molecule has 4 bridgehead atoms. The third kappa shape index (κ3) is 12.1. The fourth-order valence-electron chi connectivity index (χ4n) is 11.8. The summed E-state index contributed by atoms with van der Waals surface area (Å²) < 4.78 is 18.5. The summed E-state index contributed by atoms with van der Waals surface area (Å²) in [6.07, 6.45) is 9.78. The maximum atomic E-state index is 14.5. The van der Waals surface area contributed by atoms with E-state index in [-0.39, 0.29) is 92.9 Å². The van der Waals surface area contributed by atoms with E-state index < -0.39 is 33.4 Å². The number of hydrogen-bond donors (Lipinski definition) is 1. The Labute approximate surface area is 372 Å². The van der Waals surface area contributed by atoms with E-state index in [1.54, 1.807) is 0 Å². The van der Waals surface area contributed by atoms with E-state index in [9.17, 15) is 19.5 Å². The molecule has 54 heavy (non-hydrogen) atoms. The first-order chi connectivity index (χ1) is 22.1. The van der Waals surface area contributed by atoms with Crippen molar-refractivity contribution in [3.8, 4) is 0 Å². The summed E-state index contributed by atoms with van der Waals surface area (Å²) in [5.74, 6) is 2.07. The Balaban J connectivity index is -0.00000248. The van der Waals surface area contributed by atoms with Crippen LogP contribution in [0.1, 0.15) is 178 Å². The SMILES string of the molecule is C.C.C.C.C.C.CCC(C)(CC(C)(CC(C)(C)C(=O)OC1(C)CC2CC1C1(C)CCCC21)C(=O)OC1(C)CC2CC(C)C1C2)C(=O)OCCO.[I][V]([I])[I]. The average molecular weight is 1140 g/mol. The van der Waals surface area contributed by atoms with Gasteiger partial charge in [-0.15, -0.1) is 0 Å². The van der Waals surface area contributed by atoms with Crippen LogP contribution in [0.4, 0.5) is 0 Å². The van der Waals surface area contributed by atoms with Gasteiger partial charge in [-0.3, -0.25) is 14.4 Å². The predicted molar refractivity (Wildman–Crippen MR) is 251 cm³/mol. The molecule has 5 aliphatic carbocycles. The van der Waals surface area contributed by atoms with Crippen molar-refractivity contribution in [1.82, 2.24) is 0 Å². The normalized spacial score (nSPS) is 34.6. The molecule has 7 nitrogen and oxygen atoms in total. The Morgan fingerprint density at radius 2 is 1.33 bits per heavy atom. The molecule has 5 saturated carbocycles. The number of carbonyl (C=O) groups excluding carboxylic acids is 3. The van der Waals surface area contributed by atoms with Gasteiger partial charge >= 0.3 is 82.8 Å². The van der Waals surface area contributed by atoms with Crippen LogP contribution in [0.25, 0.3) is 0 Å². The van der Waals surface area contributed by atoms with Gasteiger partial charge in [-0.05, 0) is 135 Å². The number of aliphatic hydroxyl groups is 1. The number of halogens is 3. The van der Waals surface area contributed by atoms with Gasteiger partial charge in [0.25, 0.3) is 0 Å². The zero-order valence-corrected chi connectivity index (χ0v) is 38.5. The summed E-state index contributed by atoms with van der Waals surface area (Å²) in [7, 11) is 0. The molecular weight excluding hydrogens is 1060 g/mol. The molecule has 0 aromatic rings. The van der Waals surface area contributed by atoms with E-state index in [0.717, 1.165) is 31.6 Å². The second kappa shape index (κ2) is 22.1. The van der Waals surface area contributed by atoms with E-state index in [1.807, 2.05) is 34.6 Å². The van der Waals surface area contributed by atoms with Crippen molar-refractivity contribution in [2.45, 2.75) is 189 Å². The molecule has 0 aliphatic heterocycles. The third-order valence-corrected chi connectivity index (χ3v) is 13.8. The Morgan fingerprint density at radius 1 is 0.778 bits per heavy atom. The zero-order chi connectivity index (χ0) is 36.1. The molecule has 0 aromatic heterocycles. The number of ether oxygens (including phenoxy) is 3. The quantitative estimate of drug-likeness (QED) is 0.118. The van der Waals surface area contributed by atoms with Crippen LogP contribution in [0.3, 0.4) is 0 Å². The van der Waals surface area contributed by atoms with E-state index in [1.165, 1.54) is 25.7 Å². The summed E-state index contributed by atoms with van der Waals surface area (Å²) in [5.41, 5.74) is -3.92. The summed E-state index contributed by atoms with van der Waals surface area (Å²) in [6, 6.07) is 0. The Hall–Kier alpha value is 1.14. The molecule has 0 amide bonds. The van der Waals surface area contributed by atoms with Crippen molar-refractivity contribution < 1.29 is 38.6 Å². The molecule has 11 heteroatoms. The van der Waals surface area contributed by atoms with Gasteiger partial charge < -0.3 is 19.3 Å². The van der Waals surface area contributed by atoms with Crippen molar-refractivity contribution in [2.24, 2.45) is 57.2 Å². The molecule has 5 fully saturated rings. The van der Waals surface area contributed by atoms with Crippen molar-refractivity contribution in [3.05, 3.63) is 0 Å². The molecule has 11 atom stereocenters. The fourth-order valence-corrected chi connectivity index (χ4v) is 11.8. The molecule has 1 N–H and O–H groups in total. The van der Waals surface area contributed by atoms with Gasteiger partial charge in [0.2, 0.25) is 0 Å². The van der Waals surface area contributed by atoms with Crippen LogP contribution < -0.4 is 0 Å². The van der Waals surface area contributed by atoms with Crippen LogP contribution >= 0.6 is 59.9 Å². The van der Waals surface area contributed by atoms with Gasteiger partial charge in [0.05, 0.1) is 22.9 Å². The van der Waals surface area contributed by atoms with Gasteiger partial charge in [0, 0.05) is 11.8 Å². The summed E-state index contributed by atoms with van der Waals surface area (Å²) >= 11 is 7.39. The second-order valence-electron chi connectivity index (χ2n) is 18.1. The number of aliphatic hydroxyl groups excluding tert-OH is 1. The molecule has 0 heterocycles. The second-order valence-corrected chi connectivity index (χ2v) is 53.4. The van der Waals surface area contributed by atoms with E-state index in [0.29, 0.717) is 36.0 Å².